The zero-order valence-corrected chi connectivity index (χ0v) is 11.5. The summed E-state index contributed by atoms with van der Waals surface area (Å²) < 4.78 is 0. The Morgan fingerprint density at radius 2 is 1.53 bits per heavy atom. The molecule has 0 radical (unpaired) electrons. The van der Waals surface area contributed by atoms with Crippen LogP contribution in [0.25, 0.3) is 0 Å². The van der Waals surface area contributed by atoms with Crippen LogP contribution in [0.1, 0.15) is 73.6 Å². The second-order valence-electron chi connectivity index (χ2n) is 6.14. The van der Waals surface area contributed by atoms with Crippen LogP contribution < -0.4 is 0 Å². The van der Waals surface area contributed by atoms with Crippen molar-refractivity contribution in [2.45, 2.75) is 73.6 Å². The monoisotopic (exact) mass is 211 g/mol. The minimum absolute atomic E-state index is 0.378. The molecule has 1 heteroatoms. The smallest absolute Gasteiger partial charge is 0.00584 e. The summed E-state index contributed by atoms with van der Waals surface area (Å²) in [5, 5.41) is 7.50. The molecule has 1 nitrogen and oxygen atoms in total. The van der Waals surface area contributed by atoms with Gasteiger partial charge in [-0.3, -0.25) is 0 Å². The number of hydrogen-bond donors (Lipinski definition) is 1. The SMILES string of the molecule is CCC(C)(CC)CC(C)(C)CCC(C)=N. The van der Waals surface area contributed by atoms with Crippen molar-refractivity contribution in [3.63, 3.8) is 0 Å². The molecular weight excluding hydrogens is 182 g/mol. The topological polar surface area (TPSA) is 23.9 Å². The Morgan fingerprint density at radius 1 is 1.07 bits per heavy atom. The van der Waals surface area contributed by atoms with Crippen LogP contribution in [0.3, 0.4) is 0 Å². The van der Waals surface area contributed by atoms with E-state index in [4.69, 9.17) is 5.41 Å². The molecule has 0 aliphatic carbocycles. The van der Waals surface area contributed by atoms with E-state index in [0.29, 0.717) is 10.8 Å². The number of rotatable bonds is 7. The van der Waals surface area contributed by atoms with E-state index in [9.17, 15) is 0 Å². The van der Waals surface area contributed by atoms with Gasteiger partial charge in [0.05, 0.1) is 0 Å². The highest BCUT2D eigenvalue weighted by Crippen LogP contribution is 2.41. The highest BCUT2D eigenvalue weighted by atomic mass is 14.4. The minimum Gasteiger partial charge on any atom is -0.310 e. The third-order valence-electron chi connectivity index (χ3n) is 3.79. The van der Waals surface area contributed by atoms with Crippen LogP contribution in [0.15, 0.2) is 0 Å². The summed E-state index contributed by atoms with van der Waals surface area (Å²) in [5.41, 5.74) is 1.68. The first-order valence-corrected chi connectivity index (χ1v) is 6.29. The molecule has 0 rings (SSSR count). The largest absolute Gasteiger partial charge is 0.310 e. The van der Waals surface area contributed by atoms with E-state index >= 15 is 0 Å². The standard InChI is InChI=1S/C14H29N/c1-7-14(6,8-2)11-13(4,5)10-9-12(3)15/h15H,7-11H2,1-6H3. The summed E-state index contributed by atoms with van der Waals surface area (Å²) in [4.78, 5) is 0. The van der Waals surface area contributed by atoms with Crippen LogP contribution in [0.2, 0.25) is 0 Å². The van der Waals surface area contributed by atoms with Crippen LogP contribution in [-0.2, 0) is 0 Å². The van der Waals surface area contributed by atoms with E-state index < -0.39 is 0 Å². The number of hydrogen-bond acceptors (Lipinski definition) is 1. The first-order valence-electron chi connectivity index (χ1n) is 6.29. The van der Waals surface area contributed by atoms with Crippen LogP contribution in [0.4, 0.5) is 0 Å². The zero-order chi connectivity index (χ0) is 12.1. The van der Waals surface area contributed by atoms with Crippen molar-refractivity contribution in [3.05, 3.63) is 0 Å². The third kappa shape index (κ3) is 5.96. The first-order chi connectivity index (χ1) is 6.74. The lowest BCUT2D eigenvalue weighted by Crippen LogP contribution is -2.25. The average molecular weight is 211 g/mol. The predicted molar refractivity (Wildman–Crippen MR) is 69.7 cm³/mol. The summed E-state index contributed by atoms with van der Waals surface area (Å²) >= 11 is 0. The lowest BCUT2D eigenvalue weighted by atomic mass is 9.69. The van der Waals surface area contributed by atoms with E-state index in [0.717, 1.165) is 18.6 Å². The van der Waals surface area contributed by atoms with Gasteiger partial charge in [-0.25, -0.2) is 0 Å². The molecule has 0 aromatic carbocycles. The maximum absolute atomic E-state index is 7.50. The second kappa shape index (κ2) is 5.67. The quantitative estimate of drug-likeness (QED) is 0.570. The first kappa shape index (κ1) is 14.7. The molecule has 0 fully saturated rings. The predicted octanol–water partition coefficient (Wildman–Crippen LogP) is 5.05. The molecule has 0 saturated carbocycles. The summed E-state index contributed by atoms with van der Waals surface area (Å²) in [6, 6.07) is 0. The van der Waals surface area contributed by atoms with Gasteiger partial charge in [-0.2, -0.15) is 0 Å². The van der Waals surface area contributed by atoms with Crippen LogP contribution in [-0.4, -0.2) is 5.71 Å². The molecule has 0 aliphatic rings. The fourth-order valence-corrected chi connectivity index (χ4v) is 2.27. The molecule has 0 atom stereocenters. The molecular formula is C14H29N. The van der Waals surface area contributed by atoms with Gasteiger partial charge in [-0.15, -0.1) is 0 Å². The lowest BCUT2D eigenvalue weighted by Gasteiger charge is -2.36. The summed E-state index contributed by atoms with van der Waals surface area (Å²) in [5.74, 6) is 0. The number of nitrogens with one attached hydrogen (secondary N) is 1. The van der Waals surface area contributed by atoms with Crippen LogP contribution in [0.5, 0.6) is 0 Å². The molecule has 0 aromatic rings. The van der Waals surface area contributed by atoms with Gasteiger partial charge in [0.2, 0.25) is 0 Å². The van der Waals surface area contributed by atoms with Crippen molar-refractivity contribution in [2.75, 3.05) is 0 Å². The fraction of sp³-hybridized carbons (Fsp3) is 0.929. The Hall–Kier alpha value is -0.330. The molecule has 0 saturated heterocycles. The van der Waals surface area contributed by atoms with Gasteiger partial charge in [0.1, 0.15) is 0 Å². The highest BCUT2D eigenvalue weighted by molar-refractivity contribution is 5.78. The molecule has 0 amide bonds. The van der Waals surface area contributed by atoms with Gasteiger partial charge in [0.15, 0.2) is 0 Å². The zero-order valence-electron chi connectivity index (χ0n) is 11.5. The lowest BCUT2D eigenvalue weighted by molar-refractivity contribution is 0.156. The van der Waals surface area contributed by atoms with E-state index in [1.54, 1.807) is 0 Å². The molecule has 0 spiro atoms. The van der Waals surface area contributed by atoms with E-state index in [2.05, 4.69) is 34.6 Å². The molecule has 0 heterocycles. The second-order valence-corrected chi connectivity index (χ2v) is 6.14. The maximum atomic E-state index is 7.50. The molecule has 0 bridgehead atoms. The molecule has 90 valence electrons. The highest BCUT2D eigenvalue weighted by Gasteiger charge is 2.29. The molecule has 0 aliphatic heterocycles. The Bertz CT molecular complexity index is 199. The molecule has 0 unspecified atom stereocenters. The Kier molecular flexibility index (Phi) is 5.55. The summed E-state index contributed by atoms with van der Waals surface area (Å²) in [6.07, 6.45) is 5.90. The van der Waals surface area contributed by atoms with Crippen LogP contribution >= 0.6 is 0 Å². The van der Waals surface area contributed by atoms with Crippen molar-refractivity contribution >= 4 is 5.71 Å². The Labute approximate surface area is 96.2 Å². The van der Waals surface area contributed by atoms with Gasteiger partial charge in [-0.05, 0) is 37.0 Å². The van der Waals surface area contributed by atoms with Gasteiger partial charge in [0, 0.05) is 5.71 Å². The van der Waals surface area contributed by atoms with Crippen molar-refractivity contribution in [2.24, 2.45) is 10.8 Å². The summed E-state index contributed by atoms with van der Waals surface area (Å²) in [7, 11) is 0. The van der Waals surface area contributed by atoms with Crippen molar-refractivity contribution in [1.29, 1.82) is 5.41 Å². The third-order valence-corrected chi connectivity index (χ3v) is 3.79. The van der Waals surface area contributed by atoms with Gasteiger partial charge in [0.25, 0.3) is 0 Å². The minimum atomic E-state index is 0.378. The van der Waals surface area contributed by atoms with E-state index in [1.807, 2.05) is 6.92 Å². The van der Waals surface area contributed by atoms with Crippen molar-refractivity contribution < 1.29 is 0 Å². The van der Waals surface area contributed by atoms with Gasteiger partial charge < -0.3 is 5.41 Å². The van der Waals surface area contributed by atoms with E-state index in [-0.39, 0.29) is 0 Å². The fourth-order valence-electron chi connectivity index (χ4n) is 2.27. The van der Waals surface area contributed by atoms with Crippen LogP contribution in [0, 0.1) is 16.2 Å². The summed E-state index contributed by atoms with van der Waals surface area (Å²) in [6.45, 7) is 13.6. The molecule has 1 N–H and O–H groups in total. The molecule has 15 heavy (non-hydrogen) atoms. The van der Waals surface area contributed by atoms with Gasteiger partial charge >= 0.3 is 0 Å². The van der Waals surface area contributed by atoms with Crippen molar-refractivity contribution in [3.8, 4) is 0 Å². The van der Waals surface area contributed by atoms with E-state index in [1.165, 1.54) is 19.3 Å². The molecule has 0 aromatic heterocycles. The average Bonchev–Trinajstić information content (AvgIpc) is 2.14. The Morgan fingerprint density at radius 3 is 1.87 bits per heavy atom. The van der Waals surface area contributed by atoms with Crippen molar-refractivity contribution in [1.82, 2.24) is 0 Å². The Balaban J connectivity index is 4.28. The van der Waals surface area contributed by atoms with Gasteiger partial charge in [-0.1, -0.05) is 47.5 Å². The maximum Gasteiger partial charge on any atom is 0.00584 e. The normalized spacial score (nSPS) is 12.9.